The predicted octanol–water partition coefficient (Wildman–Crippen LogP) is 4.77. The Bertz CT molecular complexity index is 734. The molecule has 2 saturated carbocycles. The van der Waals surface area contributed by atoms with Gasteiger partial charge in [-0.15, -0.1) is 0 Å². The fraction of sp³-hybridized carbons (Fsp3) is 0.682. The summed E-state index contributed by atoms with van der Waals surface area (Å²) in [4.78, 5) is 23.8. The molecular weight excluding hydrogens is 356 g/mol. The van der Waals surface area contributed by atoms with Crippen molar-refractivity contribution < 1.29 is 14.5 Å². The van der Waals surface area contributed by atoms with Crippen molar-refractivity contribution in [2.24, 2.45) is 5.41 Å². The molecule has 1 aromatic rings. The van der Waals surface area contributed by atoms with Gasteiger partial charge in [0.25, 0.3) is 5.69 Å². The zero-order valence-corrected chi connectivity index (χ0v) is 17.3. The van der Waals surface area contributed by atoms with E-state index in [0.717, 1.165) is 61.6 Å². The Morgan fingerprint density at radius 3 is 2.50 bits per heavy atom. The summed E-state index contributed by atoms with van der Waals surface area (Å²) in [6.45, 7) is 6.69. The van der Waals surface area contributed by atoms with Crippen molar-refractivity contribution in [3.8, 4) is 0 Å². The van der Waals surface area contributed by atoms with Gasteiger partial charge in [-0.25, -0.2) is 0 Å². The van der Waals surface area contributed by atoms with Crippen LogP contribution in [0.4, 0.5) is 5.69 Å². The first-order valence-electron chi connectivity index (χ1n) is 10.5. The molecule has 0 heterocycles. The van der Waals surface area contributed by atoms with Crippen molar-refractivity contribution in [2.45, 2.75) is 84.2 Å². The second-order valence-electron chi connectivity index (χ2n) is 8.62. The largest absolute Gasteiger partial charge is 0.466 e. The number of carbonyl (C=O) groups excluding carboxylic acids is 1. The quantitative estimate of drug-likeness (QED) is 0.413. The molecule has 6 heteroatoms. The molecule has 2 aliphatic carbocycles. The molecule has 0 radical (unpaired) electrons. The number of hydrogen-bond acceptors (Lipinski definition) is 5. The van der Waals surface area contributed by atoms with Gasteiger partial charge in [0, 0.05) is 23.7 Å². The van der Waals surface area contributed by atoms with Crippen molar-refractivity contribution >= 4 is 11.7 Å². The molecule has 0 bridgehead atoms. The van der Waals surface area contributed by atoms with Gasteiger partial charge in [-0.1, -0.05) is 18.6 Å². The van der Waals surface area contributed by atoms with Crippen molar-refractivity contribution in [3.05, 3.63) is 38.9 Å². The average Bonchev–Trinajstić information content (AvgIpc) is 2.61. The Balaban J connectivity index is 1.67. The van der Waals surface area contributed by atoms with Gasteiger partial charge in [0.05, 0.1) is 16.9 Å². The number of benzene rings is 1. The lowest BCUT2D eigenvalue weighted by Gasteiger charge is -2.35. The molecule has 3 rings (SSSR count). The van der Waals surface area contributed by atoms with Crippen LogP contribution in [0.1, 0.15) is 81.4 Å². The summed E-state index contributed by atoms with van der Waals surface area (Å²) in [5.41, 5.74) is 2.59. The molecule has 1 aromatic carbocycles. The first kappa shape index (κ1) is 20.8. The summed E-state index contributed by atoms with van der Waals surface area (Å²) in [6, 6.07) is 4.25. The molecule has 154 valence electrons. The lowest BCUT2D eigenvalue weighted by molar-refractivity contribution is -0.386. The van der Waals surface area contributed by atoms with Gasteiger partial charge in [-0.2, -0.15) is 0 Å². The molecule has 28 heavy (non-hydrogen) atoms. The third-order valence-corrected chi connectivity index (χ3v) is 6.70. The van der Waals surface area contributed by atoms with E-state index in [1.165, 1.54) is 0 Å². The molecule has 0 amide bonds. The highest BCUT2D eigenvalue weighted by atomic mass is 16.6. The Hall–Kier alpha value is -1.95. The van der Waals surface area contributed by atoms with Crippen LogP contribution in [0.5, 0.6) is 0 Å². The number of nitro groups is 1. The topological polar surface area (TPSA) is 81.5 Å². The Morgan fingerprint density at radius 2 is 1.96 bits per heavy atom. The third-order valence-electron chi connectivity index (χ3n) is 6.70. The minimum atomic E-state index is -0.403. The average molecular weight is 389 g/mol. The molecule has 0 atom stereocenters. The van der Waals surface area contributed by atoms with Gasteiger partial charge in [0.2, 0.25) is 0 Å². The van der Waals surface area contributed by atoms with E-state index < -0.39 is 5.41 Å². The first-order valence-corrected chi connectivity index (χ1v) is 10.5. The van der Waals surface area contributed by atoms with Crippen LogP contribution in [0.25, 0.3) is 0 Å². The minimum absolute atomic E-state index is 0.104. The normalized spacial score (nSPS) is 25.2. The maximum atomic E-state index is 12.2. The second kappa shape index (κ2) is 8.60. The molecule has 0 aromatic heterocycles. The number of nitrogens with one attached hydrogen (secondary N) is 1. The van der Waals surface area contributed by atoms with Crippen molar-refractivity contribution in [3.63, 3.8) is 0 Å². The van der Waals surface area contributed by atoms with Crippen LogP contribution >= 0.6 is 0 Å². The fourth-order valence-electron chi connectivity index (χ4n) is 4.46. The van der Waals surface area contributed by atoms with Crippen LogP contribution in [0.15, 0.2) is 12.1 Å². The van der Waals surface area contributed by atoms with Crippen LogP contribution in [-0.2, 0) is 16.1 Å². The predicted molar refractivity (Wildman–Crippen MR) is 108 cm³/mol. The maximum Gasteiger partial charge on any atom is 0.311 e. The van der Waals surface area contributed by atoms with Crippen LogP contribution in [0.2, 0.25) is 0 Å². The number of nitro benzene ring substituents is 1. The van der Waals surface area contributed by atoms with Gasteiger partial charge in [0.1, 0.15) is 0 Å². The van der Waals surface area contributed by atoms with E-state index in [2.05, 4.69) is 5.32 Å². The second-order valence-corrected chi connectivity index (χ2v) is 8.62. The number of esters is 1. The SMILES string of the molecule is CCOC(=O)C1(C)CCC(NCc2c(C)ccc(C3CCC3)c2[N+](=O)[O-])CC1. The molecule has 2 fully saturated rings. The Kier molecular flexibility index (Phi) is 6.38. The van der Waals surface area contributed by atoms with E-state index >= 15 is 0 Å². The lowest BCUT2D eigenvalue weighted by atomic mass is 9.74. The molecule has 0 aliphatic heterocycles. The summed E-state index contributed by atoms with van der Waals surface area (Å²) in [7, 11) is 0. The van der Waals surface area contributed by atoms with Crippen LogP contribution in [0, 0.1) is 22.5 Å². The van der Waals surface area contributed by atoms with Gasteiger partial charge in [-0.3, -0.25) is 14.9 Å². The molecule has 2 aliphatic rings. The first-order chi connectivity index (χ1) is 13.4. The zero-order valence-electron chi connectivity index (χ0n) is 17.3. The summed E-state index contributed by atoms with van der Waals surface area (Å²) < 4.78 is 5.22. The van der Waals surface area contributed by atoms with Gasteiger partial charge < -0.3 is 10.1 Å². The Labute approximate surface area is 167 Å². The van der Waals surface area contributed by atoms with E-state index in [9.17, 15) is 14.9 Å². The highest BCUT2D eigenvalue weighted by Crippen LogP contribution is 2.43. The monoisotopic (exact) mass is 388 g/mol. The number of aryl methyl sites for hydroxylation is 1. The number of hydrogen-bond donors (Lipinski definition) is 1. The standard InChI is InChI=1S/C22H32N2O4/c1-4-28-21(25)22(3)12-10-17(11-13-22)23-14-19-15(2)8-9-18(16-6-5-7-16)20(19)24(26)27/h8-9,16-17,23H,4-7,10-14H2,1-3H3. The molecule has 1 N–H and O–H groups in total. The fourth-order valence-corrected chi connectivity index (χ4v) is 4.46. The number of carbonyl (C=O) groups is 1. The van der Waals surface area contributed by atoms with Gasteiger partial charge >= 0.3 is 5.97 Å². The summed E-state index contributed by atoms with van der Waals surface area (Å²) in [6.07, 6.45) is 6.58. The smallest absolute Gasteiger partial charge is 0.311 e. The summed E-state index contributed by atoms with van der Waals surface area (Å²) in [5, 5.41) is 15.4. The minimum Gasteiger partial charge on any atom is -0.466 e. The van der Waals surface area contributed by atoms with Crippen molar-refractivity contribution in [2.75, 3.05) is 6.61 Å². The highest BCUT2D eigenvalue weighted by molar-refractivity contribution is 5.76. The third kappa shape index (κ3) is 4.22. The van der Waals surface area contributed by atoms with Crippen LogP contribution in [-0.4, -0.2) is 23.5 Å². The maximum absolute atomic E-state index is 12.2. The van der Waals surface area contributed by atoms with Gasteiger partial charge in [-0.05, 0) is 70.8 Å². The van der Waals surface area contributed by atoms with E-state index in [-0.39, 0.29) is 16.9 Å². The number of ether oxygens (including phenoxy) is 1. The van der Waals surface area contributed by atoms with E-state index in [1.807, 2.05) is 32.9 Å². The summed E-state index contributed by atoms with van der Waals surface area (Å²) >= 11 is 0. The van der Waals surface area contributed by atoms with Crippen LogP contribution < -0.4 is 5.32 Å². The number of nitrogens with zero attached hydrogens (tertiary/aromatic N) is 1. The van der Waals surface area contributed by atoms with E-state index in [1.54, 1.807) is 0 Å². The highest BCUT2D eigenvalue weighted by Gasteiger charge is 2.39. The van der Waals surface area contributed by atoms with E-state index in [4.69, 9.17) is 4.74 Å². The van der Waals surface area contributed by atoms with Crippen molar-refractivity contribution in [1.82, 2.24) is 5.32 Å². The molecule has 0 unspecified atom stereocenters. The van der Waals surface area contributed by atoms with E-state index in [0.29, 0.717) is 24.8 Å². The van der Waals surface area contributed by atoms with Crippen LogP contribution in [0.3, 0.4) is 0 Å². The molecule has 6 nitrogen and oxygen atoms in total. The molecular formula is C22H32N2O4. The Morgan fingerprint density at radius 1 is 1.29 bits per heavy atom. The van der Waals surface area contributed by atoms with Gasteiger partial charge in [0.15, 0.2) is 0 Å². The number of rotatable bonds is 7. The zero-order chi connectivity index (χ0) is 20.3. The molecule has 0 spiro atoms. The van der Waals surface area contributed by atoms with Crippen molar-refractivity contribution in [1.29, 1.82) is 0 Å². The molecule has 0 saturated heterocycles. The lowest BCUT2D eigenvalue weighted by Crippen LogP contribution is -2.40. The summed E-state index contributed by atoms with van der Waals surface area (Å²) in [5.74, 6) is 0.229.